The first-order valence-electron chi connectivity index (χ1n) is 9.68. The number of halogens is 3. The van der Waals surface area contributed by atoms with Crippen LogP contribution in [0.1, 0.15) is 23.3 Å². The van der Waals surface area contributed by atoms with E-state index in [0.717, 1.165) is 0 Å². The molecule has 0 bridgehead atoms. The van der Waals surface area contributed by atoms with Crippen molar-refractivity contribution >= 4 is 27.5 Å². The molecule has 11 heteroatoms. The van der Waals surface area contributed by atoms with Crippen molar-refractivity contribution in [3.8, 4) is 0 Å². The summed E-state index contributed by atoms with van der Waals surface area (Å²) < 4.78 is 69.0. The Labute approximate surface area is 193 Å². The van der Waals surface area contributed by atoms with Crippen molar-refractivity contribution in [3.63, 3.8) is 0 Å². The first-order valence-corrected chi connectivity index (χ1v) is 12.2. The van der Waals surface area contributed by atoms with Crippen LogP contribution in [0.2, 0.25) is 0 Å². The highest BCUT2D eigenvalue weighted by atomic mass is 32.2. The van der Waals surface area contributed by atoms with E-state index >= 15 is 4.39 Å². The van der Waals surface area contributed by atoms with Crippen LogP contribution in [0.3, 0.4) is 0 Å². The lowest BCUT2D eigenvalue weighted by atomic mass is 9.95. The summed E-state index contributed by atoms with van der Waals surface area (Å²) in [6, 6.07) is 15.3. The minimum Gasteiger partial charge on any atom is -0.396 e. The van der Waals surface area contributed by atoms with E-state index in [1.807, 2.05) is 0 Å². The fraction of sp³-hybridized carbons (Fsp3) is 0.182. The van der Waals surface area contributed by atoms with Gasteiger partial charge in [-0.25, -0.2) is 26.7 Å². The molecule has 0 radical (unpaired) electrons. The molecule has 0 saturated heterocycles. The van der Waals surface area contributed by atoms with Gasteiger partial charge in [0.25, 0.3) is 0 Å². The van der Waals surface area contributed by atoms with Crippen molar-refractivity contribution in [1.82, 2.24) is 0 Å². The predicted molar refractivity (Wildman–Crippen MR) is 120 cm³/mol. The first kappa shape index (κ1) is 25.1. The van der Waals surface area contributed by atoms with Gasteiger partial charge in [0.1, 0.15) is 11.0 Å². The standard InChI is InChI=1S/C22H21F3N2O4S2/c23-15-16(24)22(33(26,30)31)19(17(25)21(15)32-12-11-28)27-18(13-7-3-1-4-8-13)20(29)14-9-5-2-6-10-14/h1-10,18,20,27-29H,11-12H2,(H2,26,30,31)/t18-,20-/m0/s1. The van der Waals surface area contributed by atoms with Crippen molar-refractivity contribution in [1.29, 1.82) is 0 Å². The van der Waals surface area contributed by atoms with E-state index in [-0.39, 0.29) is 5.75 Å². The highest BCUT2D eigenvalue weighted by Crippen LogP contribution is 2.41. The highest BCUT2D eigenvalue weighted by molar-refractivity contribution is 7.99. The lowest BCUT2D eigenvalue weighted by Gasteiger charge is -2.28. The summed E-state index contributed by atoms with van der Waals surface area (Å²) in [6.07, 6.45) is -1.33. The second-order valence-electron chi connectivity index (χ2n) is 6.98. The molecule has 176 valence electrons. The van der Waals surface area contributed by atoms with E-state index in [1.165, 1.54) is 0 Å². The number of hydrogen-bond acceptors (Lipinski definition) is 6. The summed E-state index contributed by atoms with van der Waals surface area (Å²) >= 11 is 0.471. The number of anilines is 1. The zero-order valence-corrected chi connectivity index (χ0v) is 18.7. The van der Waals surface area contributed by atoms with Crippen molar-refractivity contribution in [2.45, 2.75) is 21.9 Å². The lowest BCUT2D eigenvalue weighted by molar-refractivity contribution is 0.154. The molecule has 0 spiro atoms. The Hall–Kier alpha value is -2.57. The molecular formula is C22H21F3N2O4S2. The minimum absolute atomic E-state index is 0.170. The van der Waals surface area contributed by atoms with E-state index in [1.54, 1.807) is 60.7 Å². The van der Waals surface area contributed by atoms with E-state index < -0.39 is 61.7 Å². The molecule has 0 fully saturated rings. The molecule has 2 atom stereocenters. The third kappa shape index (κ3) is 5.50. The molecule has 33 heavy (non-hydrogen) atoms. The van der Waals surface area contributed by atoms with Crippen molar-refractivity contribution in [3.05, 3.63) is 89.2 Å². The Kier molecular flexibility index (Phi) is 8.03. The number of benzene rings is 3. The number of primary sulfonamides is 1. The van der Waals surface area contributed by atoms with Gasteiger partial charge in [-0.1, -0.05) is 60.7 Å². The van der Waals surface area contributed by atoms with E-state index in [9.17, 15) is 22.3 Å². The quantitative estimate of drug-likeness (QED) is 0.264. The summed E-state index contributed by atoms with van der Waals surface area (Å²) in [5.74, 6) is -5.17. The molecule has 0 aliphatic heterocycles. The summed E-state index contributed by atoms with van der Waals surface area (Å²) in [4.78, 5) is -2.22. The first-order chi connectivity index (χ1) is 15.7. The van der Waals surface area contributed by atoms with Crippen LogP contribution in [0, 0.1) is 17.5 Å². The molecule has 3 aromatic carbocycles. The van der Waals surface area contributed by atoms with Gasteiger partial charge in [0, 0.05) is 5.75 Å². The average Bonchev–Trinajstić information content (AvgIpc) is 2.80. The normalized spacial score (nSPS) is 13.5. The molecule has 3 aromatic rings. The Bertz CT molecular complexity index is 1210. The largest absolute Gasteiger partial charge is 0.396 e. The molecule has 3 rings (SSSR count). The van der Waals surface area contributed by atoms with Gasteiger partial charge >= 0.3 is 0 Å². The van der Waals surface area contributed by atoms with Crippen LogP contribution < -0.4 is 10.5 Å². The predicted octanol–water partition coefficient (Wildman–Crippen LogP) is 3.72. The van der Waals surface area contributed by atoms with Crippen LogP contribution in [0.4, 0.5) is 18.9 Å². The maximum atomic E-state index is 15.4. The number of sulfonamides is 1. The van der Waals surface area contributed by atoms with Crippen LogP contribution in [-0.2, 0) is 10.0 Å². The second kappa shape index (κ2) is 10.6. The highest BCUT2D eigenvalue weighted by Gasteiger charge is 2.34. The molecule has 0 aliphatic carbocycles. The van der Waals surface area contributed by atoms with Crippen molar-refractivity contribution in [2.24, 2.45) is 5.14 Å². The Morgan fingerprint density at radius 2 is 1.45 bits per heavy atom. The van der Waals surface area contributed by atoms with Gasteiger partial charge < -0.3 is 15.5 Å². The van der Waals surface area contributed by atoms with Gasteiger partial charge in [0.15, 0.2) is 17.5 Å². The minimum atomic E-state index is -4.92. The maximum Gasteiger partial charge on any atom is 0.243 e. The molecule has 0 amide bonds. The van der Waals surface area contributed by atoms with Gasteiger partial charge in [0.2, 0.25) is 10.0 Å². The molecule has 0 unspecified atom stereocenters. The monoisotopic (exact) mass is 498 g/mol. The molecule has 6 nitrogen and oxygen atoms in total. The summed E-state index contributed by atoms with van der Waals surface area (Å²) in [6.45, 7) is -0.454. The Morgan fingerprint density at radius 1 is 0.909 bits per heavy atom. The summed E-state index contributed by atoms with van der Waals surface area (Å²) in [5, 5.41) is 27.7. The second-order valence-corrected chi connectivity index (χ2v) is 9.58. The van der Waals surface area contributed by atoms with Gasteiger partial charge in [0.05, 0.1) is 23.2 Å². The van der Waals surface area contributed by atoms with Gasteiger partial charge in [-0.3, -0.25) is 0 Å². The van der Waals surface area contributed by atoms with Crippen molar-refractivity contribution in [2.75, 3.05) is 17.7 Å². The molecule has 0 aromatic heterocycles. The fourth-order valence-electron chi connectivity index (χ4n) is 3.29. The van der Waals surface area contributed by atoms with Crippen LogP contribution in [0.15, 0.2) is 70.5 Å². The van der Waals surface area contributed by atoms with Crippen LogP contribution in [-0.4, -0.2) is 31.0 Å². The molecule has 0 heterocycles. The number of nitrogens with two attached hydrogens (primary N) is 1. The number of rotatable bonds is 9. The summed E-state index contributed by atoms with van der Waals surface area (Å²) in [5.41, 5.74) is -0.0857. The number of thioether (sulfide) groups is 1. The van der Waals surface area contributed by atoms with Crippen LogP contribution >= 0.6 is 11.8 Å². The third-order valence-corrected chi connectivity index (χ3v) is 6.76. The zero-order chi connectivity index (χ0) is 24.2. The zero-order valence-electron chi connectivity index (χ0n) is 17.1. The summed E-state index contributed by atoms with van der Waals surface area (Å²) in [7, 11) is -4.92. The average molecular weight is 499 g/mol. The fourth-order valence-corrected chi connectivity index (χ4v) is 4.81. The van der Waals surface area contributed by atoms with Crippen molar-refractivity contribution < 1.29 is 31.8 Å². The Balaban J connectivity index is 2.22. The molecule has 0 aliphatic rings. The van der Waals surface area contributed by atoms with E-state index in [2.05, 4.69) is 5.32 Å². The van der Waals surface area contributed by atoms with Gasteiger partial charge in [-0.2, -0.15) is 0 Å². The van der Waals surface area contributed by atoms with E-state index in [4.69, 9.17) is 10.2 Å². The third-order valence-electron chi connectivity index (χ3n) is 4.77. The Morgan fingerprint density at radius 3 is 1.97 bits per heavy atom. The van der Waals surface area contributed by atoms with Gasteiger partial charge in [-0.05, 0) is 11.1 Å². The SMILES string of the molecule is NS(=O)(=O)c1c(F)c(F)c(SCCO)c(F)c1N[C@@H](c1ccccc1)[C@@H](O)c1ccccc1. The number of aliphatic hydroxyl groups is 2. The van der Waals surface area contributed by atoms with Gasteiger partial charge in [-0.15, -0.1) is 11.8 Å². The molecule has 0 saturated carbocycles. The van der Waals surface area contributed by atoms with Crippen LogP contribution in [0.25, 0.3) is 0 Å². The number of hydrogen-bond donors (Lipinski definition) is 4. The smallest absolute Gasteiger partial charge is 0.243 e. The number of nitrogens with one attached hydrogen (secondary N) is 1. The maximum absolute atomic E-state index is 15.4. The topological polar surface area (TPSA) is 113 Å². The van der Waals surface area contributed by atoms with Crippen LogP contribution in [0.5, 0.6) is 0 Å². The molecule has 5 N–H and O–H groups in total. The lowest BCUT2D eigenvalue weighted by Crippen LogP contribution is -2.25. The molecular weight excluding hydrogens is 477 g/mol. The van der Waals surface area contributed by atoms with E-state index in [0.29, 0.717) is 22.9 Å². The number of aliphatic hydroxyl groups excluding tert-OH is 2.